The maximum atomic E-state index is 12.1. The Morgan fingerprint density at radius 3 is 2.33 bits per heavy atom. The van der Waals surface area contributed by atoms with E-state index in [1.165, 1.54) is 0 Å². The number of hydrogen-bond donors (Lipinski definition) is 1. The van der Waals surface area contributed by atoms with E-state index in [4.69, 9.17) is 4.74 Å². The molecule has 108 valence electrons. The van der Waals surface area contributed by atoms with E-state index in [1.807, 2.05) is 20.8 Å². The first-order valence-corrected chi connectivity index (χ1v) is 7.04. The van der Waals surface area contributed by atoms with Crippen molar-refractivity contribution in [2.45, 2.75) is 47.1 Å². The summed E-state index contributed by atoms with van der Waals surface area (Å²) in [4.78, 5) is 14.4. The van der Waals surface area contributed by atoms with Gasteiger partial charge in [-0.25, -0.2) is 0 Å². The van der Waals surface area contributed by atoms with Crippen LogP contribution in [-0.4, -0.2) is 49.2 Å². The van der Waals surface area contributed by atoms with Gasteiger partial charge in [0.2, 0.25) is 0 Å². The van der Waals surface area contributed by atoms with Gasteiger partial charge in [-0.15, -0.1) is 0 Å². The summed E-state index contributed by atoms with van der Waals surface area (Å²) in [6, 6.07) is 0. The van der Waals surface area contributed by atoms with E-state index in [1.54, 1.807) is 0 Å². The van der Waals surface area contributed by atoms with Crippen molar-refractivity contribution in [1.82, 2.24) is 10.2 Å². The minimum absolute atomic E-state index is 0.158. The van der Waals surface area contributed by atoms with Crippen LogP contribution in [0.5, 0.6) is 0 Å². The zero-order valence-corrected chi connectivity index (χ0v) is 12.9. The molecule has 0 saturated heterocycles. The Bertz CT molecular complexity index is 244. The fraction of sp³-hybridized carbons (Fsp3) is 0.929. The van der Waals surface area contributed by atoms with Gasteiger partial charge >= 0.3 is 5.97 Å². The summed E-state index contributed by atoms with van der Waals surface area (Å²) < 4.78 is 5.18. The van der Waals surface area contributed by atoms with Crippen molar-refractivity contribution in [3.8, 4) is 0 Å². The van der Waals surface area contributed by atoms with Crippen LogP contribution in [0.2, 0.25) is 0 Å². The molecule has 18 heavy (non-hydrogen) atoms. The van der Waals surface area contributed by atoms with Crippen molar-refractivity contribution in [3.05, 3.63) is 0 Å². The smallest absolute Gasteiger partial charge is 0.327 e. The van der Waals surface area contributed by atoms with Crippen LogP contribution in [0.15, 0.2) is 0 Å². The van der Waals surface area contributed by atoms with E-state index in [0.717, 1.165) is 19.6 Å². The molecule has 0 rings (SSSR count). The Hall–Kier alpha value is -0.610. The van der Waals surface area contributed by atoms with Crippen LogP contribution in [0.4, 0.5) is 0 Å². The molecule has 1 unspecified atom stereocenters. The Morgan fingerprint density at radius 2 is 1.94 bits per heavy atom. The largest absolute Gasteiger partial charge is 0.465 e. The van der Waals surface area contributed by atoms with Gasteiger partial charge in [0.05, 0.1) is 6.61 Å². The van der Waals surface area contributed by atoms with E-state index in [9.17, 15) is 4.79 Å². The molecule has 1 atom stereocenters. The van der Waals surface area contributed by atoms with E-state index in [0.29, 0.717) is 19.1 Å². The highest BCUT2D eigenvalue weighted by Crippen LogP contribution is 2.11. The minimum atomic E-state index is -0.615. The van der Waals surface area contributed by atoms with Crippen LogP contribution in [0.3, 0.4) is 0 Å². The second kappa shape index (κ2) is 8.48. The Morgan fingerprint density at radius 1 is 1.33 bits per heavy atom. The topological polar surface area (TPSA) is 41.6 Å². The predicted molar refractivity (Wildman–Crippen MR) is 75.7 cm³/mol. The fourth-order valence-electron chi connectivity index (χ4n) is 2.14. The predicted octanol–water partition coefficient (Wildman–Crippen LogP) is 1.90. The van der Waals surface area contributed by atoms with Gasteiger partial charge in [-0.3, -0.25) is 4.79 Å². The molecule has 0 aliphatic carbocycles. The van der Waals surface area contributed by atoms with Gasteiger partial charge in [-0.1, -0.05) is 27.7 Å². The highest BCUT2D eigenvalue weighted by molar-refractivity contribution is 5.80. The van der Waals surface area contributed by atoms with Gasteiger partial charge < -0.3 is 15.0 Å². The molecule has 0 spiro atoms. The van der Waals surface area contributed by atoms with E-state index >= 15 is 0 Å². The Labute approximate surface area is 112 Å². The molecule has 4 nitrogen and oxygen atoms in total. The average molecular weight is 258 g/mol. The number of likely N-dealkylation sites (N-methyl/N-ethyl adjacent to an activating group) is 2. The molecule has 0 aromatic carbocycles. The van der Waals surface area contributed by atoms with Crippen molar-refractivity contribution >= 4 is 5.97 Å². The average Bonchev–Trinajstić information content (AvgIpc) is 2.28. The third kappa shape index (κ3) is 5.83. The van der Waals surface area contributed by atoms with Crippen LogP contribution in [-0.2, 0) is 9.53 Å². The van der Waals surface area contributed by atoms with Crippen molar-refractivity contribution < 1.29 is 9.53 Å². The number of ether oxygens (including phenoxy) is 1. The van der Waals surface area contributed by atoms with Crippen LogP contribution >= 0.6 is 0 Å². The van der Waals surface area contributed by atoms with Gasteiger partial charge in [0.1, 0.15) is 5.54 Å². The number of rotatable bonds is 9. The molecule has 0 bridgehead atoms. The summed E-state index contributed by atoms with van der Waals surface area (Å²) in [5.74, 6) is 0.437. The Kier molecular flexibility index (Phi) is 8.20. The number of esters is 1. The highest BCUT2D eigenvalue weighted by atomic mass is 16.5. The summed E-state index contributed by atoms with van der Waals surface area (Å²) in [6.45, 7) is 16.1. The standard InChI is InChI=1S/C14H30N2O2/c1-7-15-14(6,13(17)18-9-3)11-16(8-2)10-12(4)5/h12,15H,7-11H2,1-6H3. The van der Waals surface area contributed by atoms with Gasteiger partial charge in [0, 0.05) is 13.1 Å². The molecule has 0 aromatic heterocycles. The summed E-state index contributed by atoms with van der Waals surface area (Å²) in [7, 11) is 0. The van der Waals surface area contributed by atoms with Crippen LogP contribution in [0.1, 0.15) is 41.5 Å². The van der Waals surface area contributed by atoms with Gasteiger partial charge in [0.25, 0.3) is 0 Å². The molecule has 4 heteroatoms. The second-order valence-corrected chi connectivity index (χ2v) is 5.30. The fourth-order valence-corrected chi connectivity index (χ4v) is 2.14. The zero-order chi connectivity index (χ0) is 14.2. The third-order valence-corrected chi connectivity index (χ3v) is 2.90. The van der Waals surface area contributed by atoms with Gasteiger partial charge in [-0.2, -0.15) is 0 Å². The summed E-state index contributed by atoms with van der Waals surface area (Å²) in [5, 5.41) is 3.27. The SMILES string of the molecule is CCNC(C)(CN(CC)CC(C)C)C(=O)OCC. The molecule has 0 fully saturated rings. The molecule has 0 saturated carbocycles. The second-order valence-electron chi connectivity index (χ2n) is 5.30. The highest BCUT2D eigenvalue weighted by Gasteiger charge is 2.35. The maximum Gasteiger partial charge on any atom is 0.327 e. The number of nitrogens with zero attached hydrogens (tertiary/aromatic N) is 1. The summed E-state index contributed by atoms with van der Waals surface area (Å²) in [6.07, 6.45) is 0. The lowest BCUT2D eigenvalue weighted by molar-refractivity contribution is -0.151. The first-order valence-electron chi connectivity index (χ1n) is 7.04. The molecule has 0 aliphatic rings. The molecule has 0 aliphatic heterocycles. The summed E-state index contributed by atoms with van der Waals surface area (Å²) >= 11 is 0. The van der Waals surface area contributed by atoms with Crippen LogP contribution < -0.4 is 5.32 Å². The molecule has 0 amide bonds. The Balaban J connectivity index is 4.70. The maximum absolute atomic E-state index is 12.1. The number of hydrogen-bond acceptors (Lipinski definition) is 4. The van der Waals surface area contributed by atoms with Crippen LogP contribution in [0, 0.1) is 5.92 Å². The first-order chi connectivity index (χ1) is 8.39. The van der Waals surface area contributed by atoms with Crippen molar-refractivity contribution in [3.63, 3.8) is 0 Å². The first kappa shape index (κ1) is 17.4. The third-order valence-electron chi connectivity index (χ3n) is 2.90. The van der Waals surface area contributed by atoms with Crippen molar-refractivity contribution in [2.75, 3.05) is 32.8 Å². The van der Waals surface area contributed by atoms with Crippen molar-refractivity contribution in [1.29, 1.82) is 0 Å². The van der Waals surface area contributed by atoms with Crippen molar-refractivity contribution in [2.24, 2.45) is 5.92 Å². The van der Waals surface area contributed by atoms with Gasteiger partial charge in [-0.05, 0) is 32.9 Å². The zero-order valence-electron chi connectivity index (χ0n) is 12.9. The quantitative estimate of drug-likeness (QED) is 0.641. The minimum Gasteiger partial charge on any atom is -0.465 e. The molecule has 1 N–H and O–H groups in total. The lowest BCUT2D eigenvalue weighted by Crippen LogP contribution is -2.58. The normalized spacial score (nSPS) is 14.9. The number of carbonyl (C=O) groups excluding carboxylic acids is 1. The summed E-state index contributed by atoms with van der Waals surface area (Å²) in [5.41, 5.74) is -0.615. The lowest BCUT2D eigenvalue weighted by atomic mass is 10.0. The number of nitrogens with one attached hydrogen (secondary N) is 1. The van der Waals surface area contributed by atoms with Gasteiger partial charge in [0.15, 0.2) is 0 Å². The molecule has 0 heterocycles. The van der Waals surface area contributed by atoms with E-state index in [2.05, 4.69) is 31.0 Å². The van der Waals surface area contributed by atoms with E-state index < -0.39 is 5.54 Å². The molecular formula is C14H30N2O2. The monoisotopic (exact) mass is 258 g/mol. The molecule has 0 aromatic rings. The molecule has 0 radical (unpaired) electrons. The molecular weight excluding hydrogens is 228 g/mol. The lowest BCUT2D eigenvalue weighted by Gasteiger charge is -2.34. The van der Waals surface area contributed by atoms with Crippen LogP contribution in [0.25, 0.3) is 0 Å². The van der Waals surface area contributed by atoms with E-state index in [-0.39, 0.29) is 5.97 Å². The number of carbonyl (C=O) groups is 1.